The second kappa shape index (κ2) is 9.27. The van der Waals surface area contributed by atoms with E-state index in [1.165, 1.54) is 12.8 Å². The number of nitrogens with zero attached hydrogens (tertiary/aromatic N) is 2. The lowest BCUT2D eigenvalue weighted by atomic mass is 10.1. The van der Waals surface area contributed by atoms with Gasteiger partial charge in [-0.1, -0.05) is 12.1 Å². The minimum absolute atomic E-state index is 0.0776. The smallest absolute Gasteiger partial charge is 0.251 e. The third kappa shape index (κ3) is 5.85. The first-order chi connectivity index (χ1) is 11.6. The van der Waals surface area contributed by atoms with Crippen LogP contribution in [-0.4, -0.2) is 57.7 Å². The van der Waals surface area contributed by atoms with Crippen molar-refractivity contribution >= 4 is 11.9 Å². The molecule has 0 radical (unpaired) electrons. The highest BCUT2D eigenvalue weighted by molar-refractivity contribution is 5.94. The van der Waals surface area contributed by atoms with Crippen molar-refractivity contribution < 1.29 is 9.53 Å². The highest BCUT2D eigenvalue weighted by Gasteiger charge is 2.21. The lowest BCUT2D eigenvalue weighted by molar-refractivity contribution is 0.0963. The molecule has 0 bridgehead atoms. The van der Waals surface area contributed by atoms with Crippen LogP contribution in [0, 0.1) is 5.92 Å². The molecule has 0 unspecified atom stereocenters. The number of rotatable bonds is 8. The van der Waals surface area contributed by atoms with E-state index in [9.17, 15) is 4.79 Å². The van der Waals surface area contributed by atoms with Crippen molar-refractivity contribution in [3.05, 3.63) is 35.4 Å². The fraction of sp³-hybridized carbons (Fsp3) is 0.556. The average molecular weight is 332 g/mol. The Hall–Kier alpha value is -2.08. The molecule has 0 atom stereocenters. The Morgan fingerprint density at radius 3 is 2.88 bits per heavy atom. The Bertz CT molecular complexity index is 570. The van der Waals surface area contributed by atoms with Crippen molar-refractivity contribution in [2.45, 2.75) is 19.4 Å². The summed E-state index contributed by atoms with van der Waals surface area (Å²) < 4.78 is 5.67. The molecule has 2 rings (SSSR count). The second-order valence-corrected chi connectivity index (χ2v) is 6.12. The Balaban J connectivity index is 1.78. The third-order valence-electron chi connectivity index (χ3n) is 4.06. The molecule has 0 aromatic heterocycles. The predicted molar refractivity (Wildman–Crippen MR) is 96.2 cm³/mol. The van der Waals surface area contributed by atoms with Crippen molar-refractivity contribution in [1.82, 2.24) is 15.5 Å². The molecule has 1 fully saturated rings. The van der Waals surface area contributed by atoms with E-state index in [2.05, 4.69) is 20.5 Å². The Kier molecular flexibility index (Phi) is 7.06. The van der Waals surface area contributed by atoms with Gasteiger partial charge < -0.3 is 20.3 Å². The number of amides is 1. The number of ether oxygens (including phenoxy) is 1. The zero-order valence-corrected chi connectivity index (χ0v) is 14.8. The maximum absolute atomic E-state index is 11.7. The Labute approximate surface area is 144 Å². The highest BCUT2D eigenvalue weighted by Crippen LogP contribution is 2.28. The first kappa shape index (κ1) is 18.3. The van der Waals surface area contributed by atoms with Gasteiger partial charge in [-0.2, -0.15) is 0 Å². The standard InChI is InChI=1S/C18H28N4O2/c1-19-17(23)16-6-4-5-15(11-16)12-21-18(20-2)22(3)9-10-24-13-14-7-8-14/h4-6,11,14H,7-10,12-13H2,1-3H3,(H,19,23)(H,20,21). The summed E-state index contributed by atoms with van der Waals surface area (Å²) in [4.78, 5) is 18.0. The monoisotopic (exact) mass is 332 g/mol. The third-order valence-corrected chi connectivity index (χ3v) is 4.06. The normalized spacial score (nSPS) is 14.4. The molecule has 1 aromatic carbocycles. The molecule has 1 saturated carbocycles. The van der Waals surface area contributed by atoms with E-state index in [0.29, 0.717) is 18.7 Å². The van der Waals surface area contributed by atoms with Crippen LogP contribution in [-0.2, 0) is 11.3 Å². The number of benzene rings is 1. The SMILES string of the molecule is CN=C(NCc1cccc(C(=O)NC)c1)N(C)CCOCC1CC1. The van der Waals surface area contributed by atoms with Gasteiger partial charge in [-0.3, -0.25) is 9.79 Å². The summed E-state index contributed by atoms with van der Waals surface area (Å²) in [6.07, 6.45) is 2.63. The van der Waals surface area contributed by atoms with E-state index in [0.717, 1.165) is 30.6 Å². The summed E-state index contributed by atoms with van der Waals surface area (Å²) in [5.74, 6) is 1.53. The first-order valence-corrected chi connectivity index (χ1v) is 8.44. The minimum Gasteiger partial charge on any atom is -0.379 e. The van der Waals surface area contributed by atoms with E-state index in [4.69, 9.17) is 4.74 Å². The molecule has 0 spiro atoms. The van der Waals surface area contributed by atoms with Gasteiger partial charge in [0.15, 0.2) is 5.96 Å². The van der Waals surface area contributed by atoms with E-state index >= 15 is 0 Å². The zero-order chi connectivity index (χ0) is 17.4. The van der Waals surface area contributed by atoms with Crippen LogP contribution < -0.4 is 10.6 Å². The van der Waals surface area contributed by atoms with Crippen LogP contribution in [0.5, 0.6) is 0 Å². The molecule has 6 heteroatoms. The number of guanidine groups is 1. The maximum atomic E-state index is 11.7. The quantitative estimate of drug-likeness (QED) is 0.430. The van der Waals surface area contributed by atoms with Crippen molar-refractivity contribution in [2.75, 3.05) is 40.9 Å². The van der Waals surface area contributed by atoms with Crippen molar-refractivity contribution in [3.63, 3.8) is 0 Å². The van der Waals surface area contributed by atoms with E-state index in [1.807, 2.05) is 25.2 Å². The summed E-state index contributed by atoms with van der Waals surface area (Å²) in [6.45, 7) is 3.00. The fourth-order valence-corrected chi connectivity index (χ4v) is 2.37. The second-order valence-electron chi connectivity index (χ2n) is 6.12. The van der Waals surface area contributed by atoms with E-state index < -0.39 is 0 Å². The van der Waals surface area contributed by atoms with Gasteiger partial charge in [0.05, 0.1) is 6.61 Å². The number of likely N-dealkylation sites (N-methyl/N-ethyl adjacent to an activating group) is 1. The predicted octanol–water partition coefficient (Wildman–Crippen LogP) is 1.48. The van der Waals surface area contributed by atoms with Gasteiger partial charge >= 0.3 is 0 Å². The molecule has 1 aliphatic carbocycles. The summed E-state index contributed by atoms with van der Waals surface area (Å²) in [5.41, 5.74) is 1.70. The molecule has 0 aliphatic heterocycles. The van der Waals surface area contributed by atoms with Crippen LogP contribution in [0.4, 0.5) is 0 Å². The molecule has 0 heterocycles. The van der Waals surface area contributed by atoms with Gasteiger partial charge in [-0.25, -0.2) is 0 Å². The summed E-state index contributed by atoms with van der Waals surface area (Å²) in [7, 11) is 5.40. The summed E-state index contributed by atoms with van der Waals surface area (Å²) >= 11 is 0. The number of aliphatic imine (C=N–C) groups is 1. The van der Waals surface area contributed by atoms with Crippen LogP contribution in [0.2, 0.25) is 0 Å². The number of nitrogens with one attached hydrogen (secondary N) is 2. The molecule has 1 aliphatic rings. The maximum Gasteiger partial charge on any atom is 0.251 e. The number of carbonyl (C=O) groups is 1. The van der Waals surface area contributed by atoms with Gasteiger partial charge in [0.25, 0.3) is 5.91 Å². The molecule has 2 N–H and O–H groups in total. The summed E-state index contributed by atoms with van der Waals surface area (Å²) in [6, 6.07) is 7.57. The van der Waals surface area contributed by atoms with E-state index in [-0.39, 0.29) is 5.91 Å². The van der Waals surface area contributed by atoms with Crippen LogP contribution in [0.25, 0.3) is 0 Å². The van der Waals surface area contributed by atoms with E-state index in [1.54, 1.807) is 20.2 Å². The topological polar surface area (TPSA) is 66.0 Å². The van der Waals surface area contributed by atoms with Crippen LogP contribution in [0.3, 0.4) is 0 Å². The van der Waals surface area contributed by atoms with Crippen molar-refractivity contribution in [2.24, 2.45) is 10.9 Å². The molecular formula is C18H28N4O2. The van der Waals surface area contributed by atoms with Crippen molar-refractivity contribution in [3.8, 4) is 0 Å². The Morgan fingerprint density at radius 2 is 2.21 bits per heavy atom. The number of carbonyl (C=O) groups excluding carboxylic acids is 1. The van der Waals surface area contributed by atoms with Crippen molar-refractivity contribution in [1.29, 1.82) is 0 Å². The molecule has 132 valence electrons. The number of hydrogen-bond acceptors (Lipinski definition) is 3. The number of hydrogen-bond donors (Lipinski definition) is 2. The van der Waals surface area contributed by atoms with Crippen LogP contribution >= 0.6 is 0 Å². The summed E-state index contributed by atoms with van der Waals surface area (Å²) in [5, 5.41) is 5.96. The van der Waals surface area contributed by atoms with Gasteiger partial charge in [-0.15, -0.1) is 0 Å². The lowest BCUT2D eigenvalue weighted by Gasteiger charge is -2.22. The largest absolute Gasteiger partial charge is 0.379 e. The molecular weight excluding hydrogens is 304 g/mol. The lowest BCUT2D eigenvalue weighted by Crippen LogP contribution is -2.40. The van der Waals surface area contributed by atoms with Crippen LogP contribution in [0.1, 0.15) is 28.8 Å². The average Bonchev–Trinajstić information content (AvgIpc) is 3.43. The van der Waals surface area contributed by atoms with Gasteiger partial charge in [0.2, 0.25) is 0 Å². The fourth-order valence-electron chi connectivity index (χ4n) is 2.37. The molecule has 0 saturated heterocycles. The van der Waals surface area contributed by atoms with Gasteiger partial charge in [0, 0.05) is 46.4 Å². The molecule has 1 aromatic rings. The van der Waals surface area contributed by atoms with Gasteiger partial charge in [0.1, 0.15) is 0 Å². The molecule has 6 nitrogen and oxygen atoms in total. The minimum atomic E-state index is -0.0776. The van der Waals surface area contributed by atoms with Gasteiger partial charge in [-0.05, 0) is 36.5 Å². The zero-order valence-electron chi connectivity index (χ0n) is 14.8. The molecule has 24 heavy (non-hydrogen) atoms. The highest BCUT2D eigenvalue weighted by atomic mass is 16.5. The Morgan fingerprint density at radius 1 is 1.42 bits per heavy atom. The first-order valence-electron chi connectivity index (χ1n) is 8.44. The molecule has 1 amide bonds. The van der Waals surface area contributed by atoms with Crippen LogP contribution in [0.15, 0.2) is 29.3 Å².